The topological polar surface area (TPSA) is 59.8 Å². The van der Waals surface area contributed by atoms with Crippen LogP contribution in [0.2, 0.25) is 5.02 Å². The average Bonchev–Trinajstić information content (AvgIpc) is 2.94. The highest BCUT2D eigenvalue weighted by Crippen LogP contribution is 2.28. The van der Waals surface area contributed by atoms with E-state index in [0.29, 0.717) is 22.0 Å². The van der Waals surface area contributed by atoms with Gasteiger partial charge in [0.2, 0.25) is 0 Å². The molecule has 1 aromatic carbocycles. The van der Waals surface area contributed by atoms with Crippen molar-refractivity contribution in [1.29, 1.82) is 0 Å². The van der Waals surface area contributed by atoms with E-state index in [-0.39, 0.29) is 18.5 Å². The van der Waals surface area contributed by atoms with Gasteiger partial charge in [0.25, 0.3) is 5.91 Å². The molecule has 0 aliphatic heterocycles. The maximum atomic E-state index is 12.1. The molecule has 0 saturated heterocycles. The van der Waals surface area contributed by atoms with Gasteiger partial charge >= 0.3 is 6.18 Å². The number of aryl methyl sites for hydroxylation is 1. The summed E-state index contributed by atoms with van der Waals surface area (Å²) in [6, 6.07) is 8.80. The number of carbonyl (C=O) groups excluding carboxylic acids is 1. The second kappa shape index (κ2) is 7.56. The number of nitrogens with one attached hydrogen (secondary N) is 1. The monoisotopic (exact) mass is 396 g/mol. The Hall–Kier alpha value is -2.61. The molecule has 0 radical (unpaired) electrons. The number of carbonyl (C=O) groups is 1. The molecule has 0 unspecified atom stereocenters. The molecule has 3 rings (SSSR count). The van der Waals surface area contributed by atoms with E-state index >= 15 is 0 Å². The molecule has 27 heavy (non-hydrogen) atoms. The molecule has 2 heterocycles. The van der Waals surface area contributed by atoms with Gasteiger partial charge in [0.05, 0.1) is 10.6 Å². The van der Waals surface area contributed by atoms with Crippen molar-refractivity contribution in [3.8, 4) is 11.4 Å². The van der Waals surface area contributed by atoms with Gasteiger partial charge in [-0.2, -0.15) is 13.2 Å². The summed E-state index contributed by atoms with van der Waals surface area (Å²) in [5.41, 5.74) is 2.03. The van der Waals surface area contributed by atoms with Crippen molar-refractivity contribution in [2.24, 2.45) is 7.05 Å². The number of aromatic nitrogens is 3. The van der Waals surface area contributed by atoms with Crippen LogP contribution < -0.4 is 5.32 Å². The lowest BCUT2D eigenvalue weighted by molar-refractivity contribution is -0.135. The average molecular weight is 397 g/mol. The van der Waals surface area contributed by atoms with Crippen LogP contribution in [0.4, 0.5) is 13.2 Å². The van der Waals surface area contributed by atoms with E-state index in [1.807, 2.05) is 18.2 Å². The number of hydrogen-bond donors (Lipinski definition) is 1. The van der Waals surface area contributed by atoms with Crippen LogP contribution >= 0.6 is 11.6 Å². The lowest BCUT2D eigenvalue weighted by atomic mass is 10.2. The summed E-state index contributed by atoms with van der Waals surface area (Å²) >= 11 is 6.23. The van der Waals surface area contributed by atoms with Gasteiger partial charge in [0.15, 0.2) is 5.65 Å². The molecular formula is C18H16ClF3N4O. The van der Waals surface area contributed by atoms with Crippen molar-refractivity contribution >= 4 is 28.7 Å². The molecule has 5 nitrogen and oxygen atoms in total. The van der Waals surface area contributed by atoms with Gasteiger partial charge in [-0.3, -0.25) is 4.79 Å². The van der Waals surface area contributed by atoms with E-state index < -0.39 is 18.5 Å². The molecule has 0 atom stereocenters. The number of fused-ring (bicyclic) bond motifs is 1. The number of halogens is 4. The number of pyridine rings is 1. The van der Waals surface area contributed by atoms with Crippen LogP contribution in [0, 0.1) is 0 Å². The van der Waals surface area contributed by atoms with Crippen LogP contribution in [0.15, 0.2) is 36.5 Å². The first-order chi connectivity index (χ1) is 12.8. The Balaban J connectivity index is 1.80. The summed E-state index contributed by atoms with van der Waals surface area (Å²) in [6.07, 6.45) is -3.97. The zero-order valence-corrected chi connectivity index (χ0v) is 15.1. The van der Waals surface area contributed by atoms with Gasteiger partial charge in [-0.1, -0.05) is 23.7 Å². The number of nitrogens with zero attached hydrogens (tertiary/aromatic N) is 3. The van der Waals surface area contributed by atoms with Crippen molar-refractivity contribution in [1.82, 2.24) is 19.9 Å². The summed E-state index contributed by atoms with van der Waals surface area (Å²) < 4.78 is 38.2. The van der Waals surface area contributed by atoms with Crippen LogP contribution in [0.3, 0.4) is 0 Å². The van der Waals surface area contributed by atoms with Gasteiger partial charge in [-0.25, -0.2) is 9.97 Å². The molecule has 1 amide bonds. The minimum absolute atomic E-state index is 0.0660. The van der Waals surface area contributed by atoms with Gasteiger partial charge in [-0.05, 0) is 24.6 Å². The fourth-order valence-electron chi connectivity index (χ4n) is 2.68. The Bertz CT molecular complexity index is 984. The number of alkyl halides is 3. The molecule has 2 aromatic heterocycles. The van der Waals surface area contributed by atoms with Gasteiger partial charge in [0.1, 0.15) is 11.3 Å². The fourth-order valence-corrected chi connectivity index (χ4v) is 2.90. The van der Waals surface area contributed by atoms with E-state index in [4.69, 9.17) is 11.6 Å². The van der Waals surface area contributed by atoms with Crippen LogP contribution in [0.5, 0.6) is 0 Å². The minimum atomic E-state index is -4.23. The van der Waals surface area contributed by atoms with Crippen molar-refractivity contribution in [2.75, 3.05) is 6.54 Å². The SMILES string of the molecule is Cn1c(-c2ccccc2Cl)nc2cc(C(=O)NCCCC(F)(F)F)cnc21. The zero-order valence-electron chi connectivity index (χ0n) is 14.3. The first-order valence-corrected chi connectivity index (χ1v) is 8.56. The molecule has 3 aromatic rings. The molecular weight excluding hydrogens is 381 g/mol. The number of amides is 1. The Morgan fingerprint density at radius 1 is 1.30 bits per heavy atom. The van der Waals surface area contributed by atoms with Crippen molar-refractivity contribution < 1.29 is 18.0 Å². The van der Waals surface area contributed by atoms with Gasteiger partial charge in [0, 0.05) is 31.8 Å². The highest BCUT2D eigenvalue weighted by Gasteiger charge is 2.26. The molecule has 0 aliphatic carbocycles. The van der Waals surface area contributed by atoms with Crippen molar-refractivity contribution in [2.45, 2.75) is 19.0 Å². The van der Waals surface area contributed by atoms with Crippen LogP contribution in [-0.2, 0) is 7.05 Å². The summed E-state index contributed by atoms with van der Waals surface area (Å²) in [7, 11) is 1.79. The predicted molar refractivity (Wildman–Crippen MR) is 96.6 cm³/mol. The molecule has 1 N–H and O–H groups in total. The molecule has 0 saturated carbocycles. The molecule has 0 fully saturated rings. The lowest BCUT2D eigenvalue weighted by Gasteiger charge is -2.07. The number of benzene rings is 1. The van der Waals surface area contributed by atoms with E-state index in [1.54, 1.807) is 23.7 Å². The Morgan fingerprint density at radius 3 is 2.74 bits per heavy atom. The summed E-state index contributed by atoms with van der Waals surface area (Å²) in [6.45, 7) is -0.0660. The van der Waals surface area contributed by atoms with E-state index in [0.717, 1.165) is 5.56 Å². The van der Waals surface area contributed by atoms with Crippen molar-refractivity contribution in [3.63, 3.8) is 0 Å². The standard InChI is InChI=1S/C18H16ClF3N4O/c1-26-15(12-5-2-3-6-13(12)19)25-14-9-11(10-24-16(14)26)17(27)23-8-4-7-18(20,21)22/h2-3,5-6,9-10H,4,7-8H2,1H3,(H,23,27). The quantitative estimate of drug-likeness (QED) is 0.652. The fraction of sp³-hybridized carbons (Fsp3) is 0.278. The van der Waals surface area contributed by atoms with Crippen LogP contribution in [0.1, 0.15) is 23.2 Å². The first-order valence-electron chi connectivity index (χ1n) is 8.18. The van der Waals surface area contributed by atoms with Gasteiger partial charge < -0.3 is 9.88 Å². The van der Waals surface area contributed by atoms with Gasteiger partial charge in [-0.15, -0.1) is 0 Å². The highest BCUT2D eigenvalue weighted by molar-refractivity contribution is 6.33. The molecule has 142 valence electrons. The summed E-state index contributed by atoms with van der Waals surface area (Å²) in [5, 5.41) is 3.00. The Morgan fingerprint density at radius 2 is 2.04 bits per heavy atom. The number of imidazole rings is 1. The third kappa shape index (κ3) is 4.39. The molecule has 0 aliphatic rings. The zero-order chi connectivity index (χ0) is 19.6. The highest BCUT2D eigenvalue weighted by atomic mass is 35.5. The Labute approximate surface area is 158 Å². The Kier molecular flexibility index (Phi) is 5.36. The largest absolute Gasteiger partial charge is 0.389 e. The second-order valence-corrected chi connectivity index (χ2v) is 6.42. The minimum Gasteiger partial charge on any atom is -0.352 e. The normalized spacial score (nSPS) is 11.7. The molecule has 0 spiro atoms. The molecule has 0 bridgehead atoms. The predicted octanol–water partition coefficient (Wildman–Crippen LogP) is 4.36. The number of hydrogen-bond acceptors (Lipinski definition) is 3. The van der Waals surface area contributed by atoms with E-state index in [2.05, 4.69) is 15.3 Å². The van der Waals surface area contributed by atoms with Crippen LogP contribution in [0.25, 0.3) is 22.6 Å². The number of rotatable bonds is 5. The van der Waals surface area contributed by atoms with Crippen molar-refractivity contribution in [3.05, 3.63) is 47.1 Å². The summed E-state index contributed by atoms with van der Waals surface area (Å²) in [5.74, 6) is 0.113. The second-order valence-electron chi connectivity index (χ2n) is 6.02. The maximum absolute atomic E-state index is 12.1. The summed E-state index contributed by atoms with van der Waals surface area (Å²) in [4.78, 5) is 20.9. The maximum Gasteiger partial charge on any atom is 0.389 e. The first kappa shape index (κ1) is 19.2. The van der Waals surface area contributed by atoms with E-state index in [9.17, 15) is 18.0 Å². The van der Waals surface area contributed by atoms with E-state index in [1.165, 1.54) is 6.20 Å². The third-order valence-corrected chi connectivity index (χ3v) is 4.34. The molecule has 9 heteroatoms. The smallest absolute Gasteiger partial charge is 0.352 e. The third-order valence-electron chi connectivity index (χ3n) is 4.01. The van der Waals surface area contributed by atoms with Crippen LogP contribution in [-0.4, -0.2) is 33.2 Å². The lowest BCUT2D eigenvalue weighted by Crippen LogP contribution is -2.25.